The Morgan fingerprint density at radius 1 is 1.29 bits per heavy atom. The third-order valence-corrected chi connectivity index (χ3v) is 3.77. The summed E-state index contributed by atoms with van der Waals surface area (Å²) in [6.45, 7) is 0. The van der Waals surface area contributed by atoms with Crippen LogP contribution in [0.25, 0.3) is 0 Å². The fourth-order valence-corrected chi connectivity index (χ4v) is 2.51. The molecule has 6 nitrogen and oxygen atoms in total. The number of aromatic nitrogens is 3. The predicted molar refractivity (Wildman–Crippen MR) is 78.6 cm³/mol. The van der Waals surface area contributed by atoms with Gasteiger partial charge in [0.05, 0.1) is 11.8 Å². The predicted octanol–water partition coefficient (Wildman–Crippen LogP) is 3.45. The monoisotopic (exact) mass is 320 g/mol. The van der Waals surface area contributed by atoms with E-state index in [0.29, 0.717) is 16.4 Å². The molecule has 3 aromatic rings. The molecule has 0 atom stereocenters. The van der Waals surface area contributed by atoms with Crippen molar-refractivity contribution in [2.24, 2.45) is 0 Å². The molecule has 0 spiro atoms. The molecular formula is C13H9ClN4O2S. The molecule has 8 heteroatoms. The summed E-state index contributed by atoms with van der Waals surface area (Å²) in [4.78, 5) is 17.0. The van der Waals surface area contributed by atoms with Crippen LogP contribution in [0.3, 0.4) is 0 Å². The second kappa shape index (κ2) is 6.02. The number of nitrogens with one attached hydrogen (secondary N) is 2. The number of halogens is 1. The minimum atomic E-state index is -0.315. The molecule has 1 aromatic carbocycles. The number of carbonyl (C=O) groups excluding carboxylic acids is 1. The lowest BCUT2D eigenvalue weighted by Crippen LogP contribution is -2.11. The third kappa shape index (κ3) is 3.26. The molecular weight excluding hydrogens is 312 g/mol. The van der Waals surface area contributed by atoms with E-state index in [9.17, 15) is 4.79 Å². The van der Waals surface area contributed by atoms with Gasteiger partial charge in [-0.05, 0) is 41.9 Å². The lowest BCUT2D eigenvalue weighted by molar-refractivity contribution is 0.102. The van der Waals surface area contributed by atoms with Gasteiger partial charge in [0.2, 0.25) is 5.22 Å². The Labute approximate surface area is 128 Å². The van der Waals surface area contributed by atoms with Gasteiger partial charge in [0.1, 0.15) is 6.33 Å². The number of rotatable bonds is 4. The molecule has 0 bridgehead atoms. The molecule has 3 rings (SSSR count). The zero-order valence-corrected chi connectivity index (χ0v) is 12.1. The summed E-state index contributed by atoms with van der Waals surface area (Å²) in [5, 5.41) is 10.1. The Morgan fingerprint density at radius 3 is 2.71 bits per heavy atom. The molecule has 1 amide bonds. The highest BCUT2D eigenvalue weighted by molar-refractivity contribution is 7.99. The Balaban J connectivity index is 1.67. The normalized spacial score (nSPS) is 10.5. The van der Waals surface area contributed by atoms with Gasteiger partial charge in [-0.25, -0.2) is 4.98 Å². The van der Waals surface area contributed by atoms with Crippen LogP contribution in [0, 0.1) is 0 Å². The van der Waals surface area contributed by atoms with Crippen molar-refractivity contribution in [1.29, 1.82) is 0 Å². The second-order valence-electron chi connectivity index (χ2n) is 3.98. The summed E-state index contributed by atoms with van der Waals surface area (Å²) in [7, 11) is 0. The first-order chi connectivity index (χ1) is 10.2. The Morgan fingerprint density at radius 2 is 2.10 bits per heavy atom. The molecule has 0 saturated heterocycles. The van der Waals surface area contributed by atoms with E-state index in [1.807, 2.05) is 12.1 Å². The molecule has 0 aliphatic carbocycles. The topological polar surface area (TPSA) is 83.8 Å². The summed E-state index contributed by atoms with van der Waals surface area (Å²) < 4.78 is 4.89. The quantitative estimate of drug-likeness (QED) is 0.769. The molecule has 2 N–H and O–H groups in total. The third-order valence-electron chi connectivity index (χ3n) is 2.58. The summed E-state index contributed by atoms with van der Waals surface area (Å²) in [5.41, 5.74) is 0.968. The maximum Gasteiger partial charge on any atom is 0.260 e. The first kappa shape index (κ1) is 13.7. The van der Waals surface area contributed by atoms with Crippen LogP contribution in [-0.2, 0) is 0 Å². The van der Waals surface area contributed by atoms with Crippen molar-refractivity contribution < 1.29 is 9.21 Å². The number of hydrogen-bond acceptors (Lipinski definition) is 5. The van der Waals surface area contributed by atoms with Crippen molar-refractivity contribution in [3.05, 3.63) is 53.7 Å². The van der Waals surface area contributed by atoms with E-state index in [4.69, 9.17) is 16.0 Å². The van der Waals surface area contributed by atoms with Crippen LogP contribution in [0.1, 0.15) is 10.4 Å². The van der Waals surface area contributed by atoms with Gasteiger partial charge in [-0.1, -0.05) is 11.8 Å². The fourth-order valence-electron chi connectivity index (χ4n) is 1.62. The number of nitrogens with zero attached hydrogens (tertiary/aromatic N) is 2. The van der Waals surface area contributed by atoms with Crippen molar-refractivity contribution in [3.8, 4) is 0 Å². The molecule has 21 heavy (non-hydrogen) atoms. The van der Waals surface area contributed by atoms with E-state index < -0.39 is 0 Å². The molecule has 0 aliphatic heterocycles. The van der Waals surface area contributed by atoms with E-state index in [1.165, 1.54) is 30.4 Å². The lowest BCUT2D eigenvalue weighted by atomic mass is 10.3. The lowest BCUT2D eigenvalue weighted by Gasteiger charge is -2.05. The number of benzene rings is 1. The van der Waals surface area contributed by atoms with Crippen molar-refractivity contribution in [3.63, 3.8) is 0 Å². The largest absolute Gasteiger partial charge is 0.452 e. The highest BCUT2D eigenvalue weighted by Gasteiger charge is 2.13. The molecule has 106 valence electrons. The van der Waals surface area contributed by atoms with Gasteiger partial charge >= 0.3 is 0 Å². The first-order valence-corrected chi connectivity index (χ1v) is 7.09. The molecule has 0 fully saturated rings. The van der Waals surface area contributed by atoms with Crippen molar-refractivity contribution in [2.75, 3.05) is 5.32 Å². The molecule has 0 saturated carbocycles. The van der Waals surface area contributed by atoms with Crippen molar-refractivity contribution in [2.45, 2.75) is 10.1 Å². The van der Waals surface area contributed by atoms with Gasteiger partial charge in [-0.15, -0.1) is 0 Å². The fraction of sp³-hybridized carbons (Fsp3) is 0. The zero-order valence-electron chi connectivity index (χ0n) is 10.5. The van der Waals surface area contributed by atoms with Gasteiger partial charge in [0.15, 0.2) is 5.16 Å². The molecule has 2 aromatic heterocycles. The summed E-state index contributed by atoms with van der Waals surface area (Å²) in [6, 6.07) is 8.86. The van der Waals surface area contributed by atoms with E-state index in [1.54, 1.807) is 12.1 Å². The highest BCUT2D eigenvalue weighted by Crippen LogP contribution is 2.25. The standard InChI is InChI=1S/C13H9ClN4O2S/c14-11-10(5-6-20-11)12(19)17-8-1-3-9(4-2-8)21-13-15-7-16-18-13/h1-7H,(H,17,19)(H,15,16,18). The van der Waals surface area contributed by atoms with Gasteiger partial charge in [0, 0.05) is 10.6 Å². The maximum absolute atomic E-state index is 12.0. The number of hydrogen-bond donors (Lipinski definition) is 2. The van der Waals surface area contributed by atoms with Crippen LogP contribution in [0.2, 0.25) is 5.22 Å². The Hall–Kier alpha value is -2.25. The number of H-pyrrole nitrogens is 1. The van der Waals surface area contributed by atoms with Gasteiger partial charge in [0.25, 0.3) is 5.91 Å². The van der Waals surface area contributed by atoms with Crippen LogP contribution < -0.4 is 5.32 Å². The van der Waals surface area contributed by atoms with E-state index >= 15 is 0 Å². The van der Waals surface area contributed by atoms with E-state index in [0.717, 1.165) is 4.90 Å². The van der Waals surface area contributed by atoms with Crippen LogP contribution >= 0.6 is 23.4 Å². The molecule has 0 radical (unpaired) electrons. The van der Waals surface area contributed by atoms with E-state index in [-0.39, 0.29) is 11.1 Å². The Bertz CT molecular complexity index is 740. The SMILES string of the molecule is O=C(Nc1ccc(Sc2ncn[nH]2)cc1)c1ccoc1Cl. The van der Waals surface area contributed by atoms with Crippen molar-refractivity contribution >= 4 is 35.0 Å². The Kier molecular flexibility index (Phi) is 3.94. The number of amides is 1. The average Bonchev–Trinajstić information content (AvgIpc) is 3.12. The molecule has 0 aliphatic rings. The number of carbonyl (C=O) groups is 1. The van der Waals surface area contributed by atoms with Crippen LogP contribution in [-0.4, -0.2) is 21.1 Å². The second-order valence-corrected chi connectivity index (χ2v) is 5.38. The average molecular weight is 321 g/mol. The van der Waals surface area contributed by atoms with Gasteiger partial charge in [-0.2, -0.15) is 5.10 Å². The first-order valence-electron chi connectivity index (χ1n) is 5.90. The van der Waals surface area contributed by atoms with Gasteiger partial charge < -0.3 is 9.73 Å². The number of furan rings is 1. The van der Waals surface area contributed by atoms with Crippen LogP contribution in [0.4, 0.5) is 5.69 Å². The van der Waals surface area contributed by atoms with E-state index in [2.05, 4.69) is 20.5 Å². The highest BCUT2D eigenvalue weighted by atomic mass is 35.5. The maximum atomic E-state index is 12.0. The van der Waals surface area contributed by atoms with Crippen LogP contribution in [0.5, 0.6) is 0 Å². The smallest absolute Gasteiger partial charge is 0.260 e. The number of aromatic amines is 1. The summed E-state index contributed by atoms with van der Waals surface area (Å²) in [5.74, 6) is -0.315. The molecule has 0 unspecified atom stereocenters. The van der Waals surface area contributed by atoms with Crippen molar-refractivity contribution in [1.82, 2.24) is 15.2 Å². The summed E-state index contributed by atoms with van der Waals surface area (Å²) >= 11 is 7.20. The van der Waals surface area contributed by atoms with Gasteiger partial charge in [-0.3, -0.25) is 9.89 Å². The zero-order chi connectivity index (χ0) is 14.7. The minimum Gasteiger partial charge on any atom is -0.452 e. The molecule has 2 heterocycles. The minimum absolute atomic E-state index is 0.0741. The van der Waals surface area contributed by atoms with Crippen LogP contribution in [0.15, 0.2) is 57.4 Å². The summed E-state index contributed by atoms with van der Waals surface area (Å²) in [6.07, 6.45) is 2.82. The number of anilines is 1.